The van der Waals surface area contributed by atoms with Gasteiger partial charge in [0.1, 0.15) is 11.9 Å². The maximum absolute atomic E-state index is 13.8. The van der Waals surface area contributed by atoms with Crippen LogP contribution in [0.1, 0.15) is 22.0 Å². The van der Waals surface area contributed by atoms with Crippen molar-refractivity contribution >= 4 is 38.2 Å². The minimum absolute atomic E-state index is 0.0777. The summed E-state index contributed by atoms with van der Waals surface area (Å²) >= 11 is 0. The number of amides is 2. The van der Waals surface area contributed by atoms with Crippen molar-refractivity contribution in [3.05, 3.63) is 95.9 Å². The van der Waals surface area contributed by atoms with Crippen molar-refractivity contribution in [2.45, 2.75) is 10.9 Å². The first kappa shape index (κ1) is 25.5. The highest BCUT2D eigenvalue weighted by molar-refractivity contribution is 7.90. The molecule has 4 aromatic rings. The Balaban J connectivity index is 1.34. The standard InChI is InChI=1S/C28H27FN4O4S/c1-38(36,37)25-18-22(29)8-10-24(25)32-13-15-33(16-14-32)28(35)26(19-5-3-2-4-6-19)31-27(34)21-7-9-23-20(17-21)11-12-30-23/h2-12,17-18,26,30H,13-16H2,1H3,(H,31,34)/t26-/m1/s1. The molecule has 196 valence electrons. The van der Waals surface area contributed by atoms with E-state index in [2.05, 4.69) is 10.3 Å². The van der Waals surface area contributed by atoms with Crippen molar-refractivity contribution in [3.8, 4) is 0 Å². The largest absolute Gasteiger partial charge is 0.367 e. The second kappa shape index (κ2) is 10.3. The molecule has 0 radical (unpaired) electrons. The summed E-state index contributed by atoms with van der Waals surface area (Å²) in [7, 11) is -3.65. The van der Waals surface area contributed by atoms with Crippen molar-refractivity contribution in [1.29, 1.82) is 0 Å². The van der Waals surface area contributed by atoms with Crippen LogP contribution in [0.5, 0.6) is 0 Å². The third-order valence-electron chi connectivity index (χ3n) is 6.72. The number of carbonyl (C=O) groups is 2. The molecule has 1 fully saturated rings. The van der Waals surface area contributed by atoms with Gasteiger partial charge in [-0.3, -0.25) is 9.59 Å². The number of benzene rings is 3. The molecular weight excluding hydrogens is 507 g/mol. The second-order valence-corrected chi connectivity index (χ2v) is 11.3. The average Bonchev–Trinajstić information content (AvgIpc) is 3.39. The Kier molecular flexibility index (Phi) is 6.90. The van der Waals surface area contributed by atoms with Crippen molar-refractivity contribution in [1.82, 2.24) is 15.2 Å². The molecule has 0 saturated carbocycles. The number of hydrogen-bond acceptors (Lipinski definition) is 5. The minimum Gasteiger partial charge on any atom is -0.367 e. The fourth-order valence-corrected chi connectivity index (χ4v) is 5.64. The number of hydrogen-bond donors (Lipinski definition) is 2. The maximum Gasteiger partial charge on any atom is 0.252 e. The van der Waals surface area contributed by atoms with Gasteiger partial charge in [0, 0.05) is 55.1 Å². The SMILES string of the molecule is CS(=O)(=O)c1cc(F)ccc1N1CCN(C(=O)[C@H](NC(=O)c2ccc3[nH]ccc3c2)c2ccccc2)CC1. The number of rotatable bonds is 6. The summed E-state index contributed by atoms with van der Waals surface area (Å²) in [5.41, 5.74) is 2.43. The molecule has 0 unspecified atom stereocenters. The van der Waals surface area contributed by atoms with Crippen LogP contribution in [0.15, 0.2) is 83.9 Å². The number of H-pyrrole nitrogens is 1. The molecule has 38 heavy (non-hydrogen) atoms. The Hall–Kier alpha value is -4.18. The summed E-state index contributed by atoms with van der Waals surface area (Å²) in [6, 6.07) is 19.1. The van der Waals surface area contributed by atoms with Crippen molar-refractivity contribution in [3.63, 3.8) is 0 Å². The van der Waals surface area contributed by atoms with Crippen LogP contribution in [0.25, 0.3) is 10.9 Å². The summed E-state index contributed by atoms with van der Waals surface area (Å²) in [5, 5.41) is 3.80. The summed E-state index contributed by atoms with van der Waals surface area (Å²) < 4.78 is 38.3. The fourth-order valence-electron chi connectivity index (χ4n) is 4.74. The van der Waals surface area contributed by atoms with E-state index in [1.165, 1.54) is 12.1 Å². The Labute approximate surface area is 220 Å². The second-order valence-electron chi connectivity index (χ2n) is 9.29. The predicted molar refractivity (Wildman–Crippen MR) is 143 cm³/mol. The van der Waals surface area contributed by atoms with Crippen LogP contribution in [0.2, 0.25) is 0 Å². The number of nitrogens with one attached hydrogen (secondary N) is 2. The minimum atomic E-state index is -3.65. The third-order valence-corrected chi connectivity index (χ3v) is 7.85. The van der Waals surface area contributed by atoms with Gasteiger partial charge in [-0.05, 0) is 48.0 Å². The molecule has 0 spiro atoms. The van der Waals surface area contributed by atoms with Gasteiger partial charge >= 0.3 is 0 Å². The van der Waals surface area contributed by atoms with Crippen molar-refractivity contribution in [2.24, 2.45) is 0 Å². The van der Waals surface area contributed by atoms with Gasteiger partial charge in [0.25, 0.3) is 5.91 Å². The van der Waals surface area contributed by atoms with E-state index in [1.54, 1.807) is 35.4 Å². The molecule has 1 atom stereocenters. The zero-order chi connectivity index (χ0) is 26.9. The highest BCUT2D eigenvalue weighted by Gasteiger charge is 2.31. The highest BCUT2D eigenvalue weighted by Crippen LogP contribution is 2.28. The molecule has 2 amide bonds. The molecule has 1 aliphatic rings. The van der Waals surface area contributed by atoms with E-state index < -0.39 is 21.7 Å². The number of nitrogens with zero attached hydrogens (tertiary/aromatic N) is 2. The Morgan fingerprint density at radius 3 is 2.39 bits per heavy atom. The molecule has 2 heterocycles. The Morgan fingerprint density at radius 1 is 0.947 bits per heavy atom. The van der Waals surface area contributed by atoms with Gasteiger partial charge in [0.05, 0.1) is 10.6 Å². The van der Waals surface area contributed by atoms with E-state index in [0.717, 1.165) is 23.2 Å². The van der Waals surface area contributed by atoms with E-state index in [4.69, 9.17) is 0 Å². The summed E-state index contributed by atoms with van der Waals surface area (Å²) in [6.45, 7) is 1.35. The molecular formula is C28H27FN4O4S. The normalized spacial score (nSPS) is 14.9. The lowest BCUT2D eigenvalue weighted by Crippen LogP contribution is -2.52. The highest BCUT2D eigenvalue weighted by atomic mass is 32.2. The molecule has 2 N–H and O–H groups in total. The quantitative estimate of drug-likeness (QED) is 0.394. The van der Waals surface area contributed by atoms with Crippen LogP contribution in [0, 0.1) is 5.82 Å². The van der Waals surface area contributed by atoms with Crippen LogP contribution in [-0.4, -0.2) is 62.6 Å². The van der Waals surface area contributed by atoms with Crippen LogP contribution in [0.3, 0.4) is 0 Å². The third kappa shape index (κ3) is 5.26. The molecule has 5 rings (SSSR count). The van der Waals surface area contributed by atoms with Gasteiger partial charge in [-0.2, -0.15) is 0 Å². The molecule has 10 heteroatoms. The van der Waals surface area contributed by atoms with Gasteiger partial charge in [-0.25, -0.2) is 12.8 Å². The van der Waals surface area contributed by atoms with Crippen molar-refractivity contribution in [2.75, 3.05) is 37.3 Å². The van der Waals surface area contributed by atoms with Gasteiger partial charge in [-0.15, -0.1) is 0 Å². The van der Waals surface area contributed by atoms with E-state index in [-0.39, 0.29) is 16.7 Å². The fraction of sp³-hybridized carbons (Fsp3) is 0.214. The van der Waals surface area contributed by atoms with Gasteiger partial charge in [-0.1, -0.05) is 30.3 Å². The van der Waals surface area contributed by atoms with Crippen molar-refractivity contribution < 1.29 is 22.4 Å². The smallest absolute Gasteiger partial charge is 0.252 e. The zero-order valence-electron chi connectivity index (χ0n) is 20.7. The Bertz CT molecular complexity index is 1600. The molecule has 3 aromatic carbocycles. The monoisotopic (exact) mass is 534 g/mol. The lowest BCUT2D eigenvalue weighted by atomic mass is 10.0. The van der Waals surface area contributed by atoms with E-state index in [1.807, 2.05) is 35.2 Å². The molecule has 0 aliphatic carbocycles. The number of aromatic amines is 1. The summed E-state index contributed by atoms with van der Waals surface area (Å²) in [5.74, 6) is -1.24. The number of halogens is 1. The van der Waals surface area contributed by atoms with E-state index >= 15 is 0 Å². The number of fused-ring (bicyclic) bond motifs is 1. The zero-order valence-corrected chi connectivity index (χ0v) is 21.5. The van der Waals surface area contributed by atoms with Crippen LogP contribution in [-0.2, 0) is 14.6 Å². The van der Waals surface area contributed by atoms with E-state index in [0.29, 0.717) is 43.0 Å². The van der Waals surface area contributed by atoms with E-state index in [9.17, 15) is 22.4 Å². The number of piperazine rings is 1. The first-order valence-corrected chi connectivity index (χ1v) is 14.1. The predicted octanol–water partition coefficient (Wildman–Crippen LogP) is 3.53. The average molecular weight is 535 g/mol. The lowest BCUT2D eigenvalue weighted by Gasteiger charge is -2.38. The molecule has 1 aliphatic heterocycles. The molecule has 1 saturated heterocycles. The summed E-state index contributed by atoms with van der Waals surface area (Å²) in [6.07, 6.45) is 2.85. The van der Waals surface area contributed by atoms with Crippen LogP contribution < -0.4 is 10.2 Å². The number of carbonyl (C=O) groups excluding carboxylic acids is 2. The number of anilines is 1. The first-order valence-electron chi connectivity index (χ1n) is 12.2. The number of sulfone groups is 1. The summed E-state index contributed by atoms with van der Waals surface area (Å²) in [4.78, 5) is 33.4. The molecule has 1 aromatic heterocycles. The lowest BCUT2D eigenvalue weighted by molar-refractivity contribution is -0.133. The van der Waals surface area contributed by atoms with Gasteiger partial charge in [0.15, 0.2) is 9.84 Å². The first-order chi connectivity index (χ1) is 18.2. The molecule has 8 nitrogen and oxygen atoms in total. The maximum atomic E-state index is 13.8. The van der Waals surface area contributed by atoms with Gasteiger partial charge < -0.3 is 20.1 Å². The van der Waals surface area contributed by atoms with Gasteiger partial charge in [0.2, 0.25) is 5.91 Å². The van der Waals surface area contributed by atoms with Crippen LogP contribution in [0.4, 0.5) is 10.1 Å². The van der Waals surface area contributed by atoms with Crippen LogP contribution >= 0.6 is 0 Å². The Morgan fingerprint density at radius 2 is 1.68 bits per heavy atom. The topological polar surface area (TPSA) is 103 Å². The number of aromatic nitrogens is 1. The molecule has 0 bridgehead atoms.